The van der Waals surface area contributed by atoms with Crippen LogP contribution in [0, 0.1) is 0 Å². The van der Waals surface area contributed by atoms with Gasteiger partial charge in [-0.1, -0.05) is 0 Å². The van der Waals surface area contributed by atoms with Gasteiger partial charge in [-0.3, -0.25) is 0 Å². The molecule has 0 amide bonds. The number of aliphatic carboxylic acids is 3. The first kappa shape index (κ1) is 15.3. The molecule has 0 aliphatic carbocycles. The molecule has 0 aromatic carbocycles. The van der Waals surface area contributed by atoms with Crippen LogP contribution in [-0.4, -0.2) is 28.1 Å². The smallest absolute Gasteiger partial charge is 0.550 e. The summed E-state index contributed by atoms with van der Waals surface area (Å²) >= 11 is 0. The molecule has 0 heterocycles. The summed E-state index contributed by atoms with van der Waals surface area (Å²) in [5.41, 5.74) is -0.720. The second-order valence-corrected chi connectivity index (χ2v) is 1.86. The molecule has 0 aromatic heterocycles. The summed E-state index contributed by atoms with van der Waals surface area (Å²) in [6.07, 6.45) is -0.597. The van der Waals surface area contributed by atoms with Crippen molar-refractivity contribution in [1.82, 2.24) is 0 Å². The number of hydrogen-bond donors (Lipinski definition) is 2. The minimum Gasteiger partial charge on any atom is -0.550 e. The van der Waals surface area contributed by atoms with Crippen molar-refractivity contribution in [2.75, 3.05) is 0 Å². The van der Waals surface area contributed by atoms with Gasteiger partial charge in [-0.05, 0) is 0 Å². The van der Waals surface area contributed by atoms with Crippen molar-refractivity contribution in [2.45, 2.75) is 6.42 Å². The third-order valence-corrected chi connectivity index (χ3v) is 0.907. The Morgan fingerprint density at radius 3 is 1.92 bits per heavy atom. The Balaban J connectivity index is 0. The summed E-state index contributed by atoms with van der Waals surface area (Å²) in [6, 6.07) is 0. The van der Waals surface area contributed by atoms with Crippen LogP contribution in [0.2, 0.25) is 0 Å². The van der Waals surface area contributed by atoms with Crippen molar-refractivity contribution < 1.29 is 81.1 Å². The van der Waals surface area contributed by atoms with Gasteiger partial charge >= 0.3 is 63.3 Å². The molecule has 0 saturated carbocycles. The van der Waals surface area contributed by atoms with Gasteiger partial charge in [-0.25, -0.2) is 9.59 Å². The zero-order valence-electron chi connectivity index (χ0n) is 6.81. The average Bonchev–Trinajstić information content (AvgIpc) is 1.83. The molecule has 7 heteroatoms. The monoisotopic (exact) mass is 212 g/mol. The summed E-state index contributed by atoms with van der Waals surface area (Å²) in [5.74, 6) is -4.72. The molecular formula is C6H5KO6. The molecule has 0 fully saturated rings. The Hall–Kier alpha value is -0.214. The topological polar surface area (TPSA) is 115 Å². The largest absolute Gasteiger partial charge is 1.00 e. The van der Waals surface area contributed by atoms with E-state index in [-0.39, 0.29) is 51.4 Å². The van der Waals surface area contributed by atoms with E-state index in [9.17, 15) is 19.5 Å². The maximum atomic E-state index is 10.1. The van der Waals surface area contributed by atoms with Gasteiger partial charge in [-0.2, -0.15) is 0 Å². The molecule has 0 aliphatic heterocycles. The van der Waals surface area contributed by atoms with Crippen LogP contribution in [0.3, 0.4) is 0 Å². The molecule has 0 radical (unpaired) electrons. The van der Waals surface area contributed by atoms with Gasteiger partial charge in [0.15, 0.2) is 0 Å². The van der Waals surface area contributed by atoms with Crippen LogP contribution < -0.4 is 56.5 Å². The van der Waals surface area contributed by atoms with Crippen LogP contribution >= 0.6 is 0 Å². The van der Waals surface area contributed by atoms with Crippen LogP contribution in [0.1, 0.15) is 6.42 Å². The Bertz CT molecular complexity index is 256. The van der Waals surface area contributed by atoms with Crippen molar-refractivity contribution in [3.8, 4) is 0 Å². The second kappa shape index (κ2) is 7.21. The molecule has 6 nitrogen and oxygen atoms in total. The molecule has 2 N–H and O–H groups in total. The van der Waals surface area contributed by atoms with E-state index in [0.29, 0.717) is 6.08 Å². The Morgan fingerprint density at radius 2 is 1.69 bits per heavy atom. The molecule has 0 bridgehead atoms. The van der Waals surface area contributed by atoms with E-state index >= 15 is 0 Å². The second-order valence-electron chi connectivity index (χ2n) is 1.86. The van der Waals surface area contributed by atoms with Crippen molar-refractivity contribution in [3.63, 3.8) is 0 Å². The first-order valence-corrected chi connectivity index (χ1v) is 2.80. The normalized spacial score (nSPS) is 10.0. The van der Waals surface area contributed by atoms with E-state index in [1.165, 1.54) is 0 Å². The number of carboxylic acid groups (broad SMARTS) is 3. The van der Waals surface area contributed by atoms with Gasteiger partial charge in [0, 0.05) is 24.0 Å². The fourth-order valence-electron chi connectivity index (χ4n) is 0.493. The van der Waals surface area contributed by atoms with Gasteiger partial charge in [0.2, 0.25) is 0 Å². The molecule has 0 unspecified atom stereocenters. The maximum Gasteiger partial charge on any atom is 1.00 e. The van der Waals surface area contributed by atoms with Crippen LogP contribution in [0.4, 0.5) is 0 Å². The minimum absolute atomic E-state index is 0. The third kappa shape index (κ3) is 8.13. The van der Waals surface area contributed by atoms with Crippen LogP contribution in [0.5, 0.6) is 0 Å². The number of hydrogen-bond acceptors (Lipinski definition) is 4. The standard InChI is InChI=1S/C6H6O6.K/c7-4(8)1-3(6(11)12)2-5(9)10;/h1H,2H2,(H,7,8)(H,9,10)(H,11,12);/q;+1/p-1. The number of carbonyl (C=O) groups is 3. The van der Waals surface area contributed by atoms with E-state index in [2.05, 4.69) is 0 Å². The molecule has 0 aromatic rings. The molecule has 66 valence electrons. The van der Waals surface area contributed by atoms with E-state index in [4.69, 9.17) is 10.2 Å². The number of carboxylic acids is 3. The fraction of sp³-hybridized carbons (Fsp3) is 0.167. The molecule has 0 spiro atoms. The van der Waals surface area contributed by atoms with Crippen molar-refractivity contribution in [3.05, 3.63) is 11.6 Å². The first-order chi connectivity index (χ1) is 5.43. The maximum absolute atomic E-state index is 10.1. The quantitative estimate of drug-likeness (QED) is 0.357. The van der Waals surface area contributed by atoms with E-state index in [0.717, 1.165) is 0 Å². The van der Waals surface area contributed by atoms with E-state index in [1.54, 1.807) is 0 Å². The predicted octanol–water partition coefficient (Wildman–Crippen LogP) is -4.77. The van der Waals surface area contributed by atoms with Gasteiger partial charge in [0.05, 0.1) is 0 Å². The van der Waals surface area contributed by atoms with Gasteiger partial charge < -0.3 is 20.1 Å². The van der Waals surface area contributed by atoms with Gasteiger partial charge in [0.25, 0.3) is 0 Å². The van der Waals surface area contributed by atoms with Crippen molar-refractivity contribution >= 4 is 17.9 Å². The summed E-state index contributed by atoms with van der Waals surface area (Å²) in [6.45, 7) is 0. The summed E-state index contributed by atoms with van der Waals surface area (Å²) < 4.78 is 0. The van der Waals surface area contributed by atoms with Crippen LogP contribution in [-0.2, 0) is 14.4 Å². The number of carbonyl (C=O) groups excluding carboxylic acids is 1. The molecule has 0 rings (SSSR count). The third-order valence-electron chi connectivity index (χ3n) is 0.907. The summed E-state index contributed by atoms with van der Waals surface area (Å²) in [4.78, 5) is 30.0. The fourth-order valence-corrected chi connectivity index (χ4v) is 0.493. The van der Waals surface area contributed by atoms with E-state index < -0.39 is 29.9 Å². The minimum atomic E-state index is -1.63. The Kier molecular flexibility index (Phi) is 8.47. The SMILES string of the molecule is O=C(O)C=C(CC(=O)[O-])C(=O)O.[K+]. The zero-order chi connectivity index (χ0) is 9.72. The molecular weight excluding hydrogens is 207 g/mol. The summed E-state index contributed by atoms with van der Waals surface area (Å²) in [7, 11) is 0. The van der Waals surface area contributed by atoms with Crippen molar-refractivity contribution in [2.24, 2.45) is 0 Å². The Labute approximate surface area is 116 Å². The molecule has 0 atom stereocenters. The average molecular weight is 212 g/mol. The van der Waals surface area contributed by atoms with E-state index in [1.807, 2.05) is 0 Å². The van der Waals surface area contributed by atoms with Crippen LogP contribution in [0.15, 0.2) is 11.6 Å². The molecule has 13 heavy (non-hydrogen) atoms. The molecule has 0 aliphatic rings. The molecule has 0 saturated heterocycles. The zero-order valence-corrected chi connectivity index (χ0v) is 9.93. The predicted molar refractivity (Wildman–Crippen MR) is 33.0 cm³/mol. The first-order valence-electron chi connectivity index (χ1n) is 2.80. The van der Waals surface area contributed by atoms with Crippen LogP contribution in [0.25, 0.3) is 0 Å². The summed E-state index contributed by atoms with van der Waals surface area (Å²) in [5, 5.41) is 26.2. The number of rotatable bonds is 4. The van der Waals surface area contributed by atoms with Gasteiger partial charge in [0.1, 0.15) is 0 Å². The van der Waals surface area contributed by atoms with Crippen molar-refractivity contribution in [1.29, 1.82) is 0 Å². The Morgan fingerprint density at radius 1 is 1.23 bits per heavy atom. The van der Waals surface area contributed by atoms with Gasteiger partial charge in [-0.15, -0.1) is 0 Å².